The number of rotatable bonds is 3. The van der Waals surface area contributed by atoms with E-state index in [9.17, 15) is 9.59 Å². The number of carboxylic acids is 1. The van der Waals surface area contributed by atoms with Crippen LogP contribution in [0.25, 0.3) is 0 Å². The van der Waals surface area contributed by atoms with Crippen molar-refractivity contribution in [3.8, 4) is 0 Å². The molecule has 2 aromatic rings. The molecule has 19 heavy (non-hydrogen) atoms. The van der Waals surface area contributed by atoms with Crippen LogP contribution in [-0.4, -0.2) is 17.0 Å². The second-order valence-corrected chi connectivity index (χ2v) is 4.35. The first-order valence-electron chi connectivity index (χ1n) is 5.36. The van der Waals surface area contributed by atoms with Gasteiger partial charge in [-0.05, 0) is 30.7 Å². The van der Waals surface area contributed by atoms with Gasteiger partial charge in [0.15, 0.2) is 5.76 Å². The van der Waals surface area contributed by atoms with Crippen LogP contribution in [0.4, 0.5) is 5.69 Å². The van der Waals surface area contributed by atoms with E-state index in [2.05, 4.69) is 5.32 Å². The highest BCUT2D eigenvalue weighted by atomic mass is 35.5. The van der Waals surface area contributed by atoms with Crippen LogP contribution in [0.2, 0.25) is 5.02 Å². The number of nitrogens with one attached hydrogen (secondary N) is 1. The molecule has 1 amide bonds. The Kier molecular flexibility index (Phi) is 3.57. The summed E-state index contributed by atoms with van der Waals surface area (Å²) in [4.78, 5) is 22.5. The summed E-state index contributed by atoms with van der Waals surface area (Å²) >= 11 is 5.81. The molecule has 0 aliphatic carbocycles. The van der Waals surface area contributed by atoms with Gasteiger partial charge in [0.1, 0.15) is 6.26 Å². The van der Waals surface area contributed by atoms with Gasteiger partial charge in [0.25, 0.3) is 5.91 Å². The first-order chi connectivity index (χ1) is 8.97. The van der Waals surface area contributed by atoms with Crippen molar-refractivity contribution in [1.82, 2.24) is 0 Å². The van der Waals surface area contributed by atoms with E-state index in [-0.39, 0.29) is 11.3 Å². The molecule has 0 unspecified atom stereocenters. The summed E-state index contributed by atoms with van der Waals surface area (Å²) in [6.07, 6.45) is 1.02. The van der Waals surface area contributed by atoms with Gasteiger partial charge in [-0.25, -0.2) is 4.79 Å². The summed E-state index contributed by atoms with van der Waals surface area (Å²) in [5.74, 6) is -1.73. The quantitative estimate of drug-likeness (QED) is 0.904. The Bertz CT molecular complexity index is 648. The maximum Gasteiger partial charge on any atom is 0.338 e. The summed E-state index contributed by atoms with van der Waals surface area (Å²) in [6.45, 7) is 1.80. The Morgan fingerprint density at radius 3 is 2.63 bits per heavy atom. The number of hydrogen-bond donors (Lipinski definition) is 2. The number of anilines is 1. The Hall–Kier alpha value is -2.27. The molecule has 0 aliphatic rings. The largest absolute Gasteiger partial charge is 0.478 e. The molecule has 2 rings (SSSR count). The van der Waals surface area contributed by atoms with Gasteiger partial charge < -0.3 is 14.8 Å². The smallest absolute Gasteiger partial charge is 0.338 e. The molecule has 0 spiro atoms. The number of carbonyl (C=O) groups is 2. The van der Waals surface area contributed by atoms with Crippen LogP contribution in [0, 0.1) is 6.92 Å². The van der Waals surface area contributed by atoms with Crippen molar-refractivity contribution in [2.75, 3.05) is 5.32 Å². The van der Waals surface area contributed by atoms with E-state index in [1.165, 1.54) is 6.07 Å². The fourth-order valence-electron chi connectivity index (χ4n) is 1.52. The molecule has 0 fully saturated rings. The normalized spacial score (nSPS) is 10.2. The fraction of sp³-hybridized carbons (Fsp3) is 0.0769. The highest BCUT2D eigenvalue weighted by molar-refractivity contribution is 6.30. The third kappa shape index (κ3) is 2.95. The highest BCUT2D eigenvalue weighted by Gasteiger charge is 2.15. The van der Waals surface area contributed by atoms with E-state index in [4.69, 9.17) is 21.1 Å². The number of carboxylic acid groups (broad SMARTS) is 1. The van der Waals surface area contributed by atoms with Crippen molar-refractivity contribution in [3.05, 3.63) is 52.4 Å². The monoisotopic (exact) mass is 279 g/mol. The minimum absolute atomic E-state index is 0.0632. The Labute approximate surface area is 113 Å². The van der Waals surface area contributed by atoms with E-state index in [0.717, 1.165) is 11.8 Å². The Morgan fingerprint density at radius 1 is 1.32 bits per heavy atom. The molecule has 1 heterocycles. The van der Waals surface area contributed by atoms with Crippen molar-refractivity contribution in [1.29, 1.82) is 0 Å². The fourth-order valence-corrected chi connectivity index (χ4v) is 1.75. The number of furan rings is 1. The highest BCUT2D eigenvalue weighted by Crippen LogP contribution is 2.20. The number of benzene rings is 1. The lowest BCUT2D eigenvalue weighted by Gasteiger charge is -2.06. The molecule has 0 radical (unpaired) electrons. The molecule has 98 valence electrons. The molecule has 0 saturated carbocycles. The van der Waals surface area contributed by atoms with Gasteiger partial charge in [0.05, 0.1) is 5.56 Å². The van der Waals surface area contributed by atoms with Crippen LogP contribution < -0.4 is 5.32 Å². The number of halogens is 1. The molecule has 5 nitrogen and oxygen atoms in total. The number of aryl methyl sites for hydroxylation is 1. The Balaban J connectivity index is 2.18. The predicted octanol–water partition coefficient (Wildman–Crippen LogP) is 3.19. The molecule has 2 N–H and O–H groups in total. The first kappa shape index (κ1) is 13.2. The van der Waals surface area contributed by atoms with Crippen LogP contribution in [0.1, 0.15) is 26.5 Å². The minimum Gasteiger partial charge on any atom is -0.478 e. The summed E-state index contributed by atoms with van der Waals surface area (Å²) < 4.78 is 4.90. The maximum atomic E-state index is 11.9. The minimum atomic E-state index is -1.15. The van der Waals surface area contributed by atoms with Crippen LogP contribution in [0.5, 0.6) is 0 Å². The van der Waals surface area contributed by atoms with Crippen LogP contribution in [0.15, 0.2) is 34.9 Å². The summed E-state index contributed by atoms with van der Waals surface area (Å²) in [6, 6.07) is 6.19. The number of hydrogen-bond acceptors (Lipinski definition) is 3. The van der Waals surface area contributed by atoms with Gasteiger partial charge in [-0.1, -0.05) is 11.6 Å². The average molecular weight is 280 g/mol. The maximum absolute atomic E-state index is 11.9. The molecule has 1 aromatic carbocycles. The van der Waals surface area contributed by atoms with Crippen molar-refractivity contribution in [3.63, 3.8) is 0 Å². The zero-order valence-electron chi connectivity index (χ0n) is 9.94. The lowest BCUT2D eigenvalue weighted by molar-refractivity contribution is 0.0696. The number of aromatic carboxylic acids is 1. The molecule has 0 bridgehead atoms. The molecular weight excluding hydrogens is 270 g/mol. The van der Waals surface area contributed by atoms with Crippen LogP contribution in [0.3, 0.4) is 0 Å². The summed E-state index contributed by atoms with van der Waals surface area (Å²) in [7, 11) is 0. The second-order valence-electron chi connectivity index (χ2n) is 3.92. The van der Waals surface area contributed by atoms with Gasteiger partial charge in [-0.2, -0.15) is 0 Å². The third-order valence-electron chi connectivity index (χ3n) is 2.51. The summed E-state index contributed by atoms with van der Waals surface area (Å²) in [5, 5.41) is 11.9. The zero-order chi connectivity index (χ0) is 14.0. The van der Waals surface area contributed by atoms with E-state index >= 15 is 0 Å². The lowest BCUT2D eigenvalue weighted by atomic mass is 10.2. The second kappa shape index (κ2) is 5.16. The van der Waals surface area contributed by atoms with Gasteiger partial charge in [0.2, 0.25) is 0 Å². The molecule has 6 heteroatoms. The van der Waals surface area contributed by atoms with Gasteiger partial charge in [0, 0.05) is 16.8 Å². The molecule has 0 aliphatic heterocycles. The third-order valence-corrected chi connectivity index (χ3v) is 2.74. The lowest BCUT2D eigenvalue weighted by Crippen LogP contribution is -2.11. The standard InChI is InChI=1S/C13H10ClNO4/c1-7-4-9(14)2-3-10(7)15-12(16)11-5-8(6-19-11)13(17)18/h2-6H,1H3,(H,15,16)(H,17,18). The van der Waals surface area contributed by atoms with Crippen molar-refractivity contribution >= 4 is 29.2 Å². The molecule has 1 aromatic heterocycles. The molecule has 0 saturated heterocycles. The zero-order valence-corrected chi connectivity index (χ0v) is 10.7. The average Bonchev–Trinajstić information content (AvgIpc) is 2.82. The summed E-state index contributed by atoms with van der Waals surface area (Å²) in [5.41, 5.74) is 1.31. The number of amides is 1. The van der Waals surface area contributed by atoms with Crippen LogP contribution in [-0.2, 0) is 0 Å². The van der Waals surface area contributed by atoms with Crippen LogP contribution >= 0.6 is 11.6 Å². The van der Waals surface area contributed by atoms with E-state index < -0.39 is 11.9 Å². The van der Waals surface area contributed by atoms with E-state index in [0.29, 0.717) is 10.7 Å². The molecular formula is C13H10ClNO4. The van der Waals surface area contributed by atoms with E-state index in [1.807, 2.05) is 0 Å². The van der Waals surface area contributed by atoms with Gasteiger partial charge >= 0.3 is 5.97 Å². The van der Waals surface area contributed by atoms with Gasteiger partial charge in [-0.3, -0.25) is 4.79 Å². The van der Waals surface area contributed by atoms with E-state index in [1.54, 1.807) is 25.1 Å². The van der Waals surface area contributed by atoms with Crippen molar-refractivity contribution in [2.45, 2.75) is 6.92 Å². The predicted molar refractivity (Wildman–Crippen MR) is 69.8 cm³/mol. The topological polar surface area (TPSA) is 79.5 Å². The number of carbonyl (C=O) groups excluding carboxylic acids is 1. The SMILES string of the molecule is Cc1cc(Cl)ccc1NC(=O)c1cc(C(=O)O)co1. The van der Waals surface area contributed by atoms with Crippen molar-refractivity contribution in [2.24, 2.45) is 0 Å². The Morgan fingerprint density at radius 2 is 2.05 bits per heavy atom. The first-order valence-corrected chi connectivity index (χ1v) is 5.74. The molecule has 0 atom stereocenters. The van der Waals surface area contributed by atoms with Gasteiger partial charge in [-0.15, -0.1) is 0 Å². The van der Waals surface area contributed by atoms with Crippen molar-refractivity contribution < 1.29 is 19.1 Å².